The monoisotopic (exact) mass is 291 g/mol. The number of H-pyrrole nitrogens is 1. The van der Waals surface area contributed by atoms with E-state index in [9.17, 15) is 0 Å². The van der Waals surface area contributed by atoms with Crippen LogP contribution in [0, 0.1) is 6.92 Å². The number of aryl methyl sites for hydroxylation is 2. The third-order valence-electron chi connectivity index (χ3n) is 4.12. The van der Waals surface area contributed by atoms with E-state index in [0.29, 0.717) is 5.15 Å². The van der Waals surface area contributed by atoms with Crippen LogP contribution in [-0.2, 0) is 6.42 Å². The van der Waals surface area contributed by atoms with Crippen LogP contribution in [-0.4, -0.2) is 34.5 Å². The van der Waals surface area contributed by atoms with Gasteiger partial charge in [0.15, 0.2) is 0 Å². The standard InChI is InChI=1S/C16H22ClN3/c1-12-10-15-14(16(17)18-12)11-13(19-15)6-5-9-20-7-3-2-4-8-20/h10-11,19H,2-9H2,1H3. The Hall–Kier alpha value is -1.06. The Labute approximate surface area is 125 Å². The number of pyridine rings is 1. The molecule has 1 saturated heterocycles. The number of fused-ring (bicyclic) bond motifs is 1. The smallest absolute Gasteiger partial charge is 0.138 e. The van der Waals surface area contributed by atoms with Crippen LogP contribution in [0.5, 0.6) is 0 Å². The quantitative estimate of drug-likeness (QED) is 0.865. The van der Waals surface area contributed by atoms with E-state index in [0.717, 1.165) is 23.0 Å². The van der Waals surface area contributed by atoms with E-state index in [2.05, 4.69) is 27.0 Å². The second kappa shape index (κ2) is 6.15. The van der Waals surface area contributed by atoms with E-state index in [1.54, 1.807) is 0 Å². The van der Waals surface area contributed by atoms with Crippen molar-refractivity contribution in [2.75, 3.05) is 19.6 Å². The molecule has 0 atom stereocenters. The molecule has 1 N–H and O–H groups in total. The molecule has 3 heterocycles. The molecule has 1 aliphatic rings. The van der Waals surface area contributed by atoms with Crippen LogP contribution in [0.25, 0.3) is 10.9 Å². The summed E-state index contributed by atoms with van der Waals surface area (Å²) in [5, 5.41) is 1.66. The molecule has 0 radical (unpaired) electrons. The summed E-state index contributed by atoms with van der Waals surface area (Å²) in [5.74, 6) is 0. The highest BCUT2D eigenvalue weighted by atomic mass is 35.5. The second-order valence-electron chi connectivity index (χ2n) is 5.82. The van der Waals surface area contributed by atoms with Gasteiger partial charge in [-0.2, -0.15) is 0 Å². The van der Waals surface area contributed by atoms with E-state index in [-0.39, 0.29) is 0 Å². The number of aromatic amines is 1. The minimum atomic E-state index is 0.610. The topological polar surface area (TPSA) is 31.9 Å². The summed E-state index contributed by atoms with van der Waals surface area (Å²) < 4.78 is 0. The molecule has 20 heavy (non-hydrogen) atoms. The first-order valence-electron chi connectivity index (χ1n) is 7.59. The molecule has 0 saturated carbocycles. The first kappa shape index (κ1) is 13.9. The Bertz CT molecular complexity index is 585. The Morgan fingerprint density at radius 1 is 1.25 bits per heavy atom. The molecule has 4 heteroatoms. The molecular formula is C16H22ClN3. The largest absolute Gasteiger partial charge is 0.358 e. The zero-order valence-corrected chi connectivity index (χ0v) is 12.8. The third-order valence-corrected chi connectivity index (χ3v) is 4.41. The van der Waals surface area contributed by atoms with Crippen molar-refractivity contribution >= 4 is 22.5 Å². The number of rotatable bonds is 4. The predicted octanol–water partition coefficient (Wildman–Crippen LogP) is 3.94. The fraction of sp³-hybridized carbons (Fsp3) is 0.562. The minimum Gasteiger partial charge on any atom is -0.358 e. The number of aromatic nitrogens is 2. The average molecular weight is 292 g/mol. The highest BCUT2D eigenvalue weighted by molar-refractivity contribution is 6.34. The van der Waals surface area contributed by atoms with Crippen molar-refractivity contribution in [3.05, 3.63) is 28.7 Å². The van der Waals surface area contributed by atoms with Gasteiger partial charge in [-0.05, 0) is 64.4 Å². The van der Waals surface area contributed by atoms with Gasteiger partial charge in [0.05, 0.1) is 5.52 Å². The van der Waals surface area contributed by atoms with Crippen LogP contribution in [0.4, 0.5) is 0 Å². The number of nitrogens with one attached hydrogen (secondary N) is 1. The fourth-order valence-electron chi connectivity index (χ4n) is 3.08. The highest BCUT2D eigenvalue weighted by Gasteiger charge is 2.10. The van der Waals surface area contributed by atoms with E-state index in [1.807, 2.05) is 6.92 Å². The van der Waals surface area contributed by atoms with Gasteiger partial charge in [-0.15, -0.1) is 0 Å². The van der Waals surface area contributed by atoms with Crippen molar-refractivity contribution in [2.45, 2.75) is 39.0 Å². The highest BCUT2D eigenvalue weighted by Crippen LogP contribution is 2.24. The molecule has 2 aromatic heterocycles. The average Bonchev–Trinajstić information content (AvgIpc) is 2.83. The number of hydrogen-bond donors (Lipinski definition) is 1. The van der Waals surface area contributed by atoms with Gasteiger partial charge in [-0.25, -0.2) is 4.98 Å². The zero-order valence-electron chi connectivity index (χ0n) is 12.1. The van der Waals surface area contributed by atoms with Crippen LogP contribution in [0.1, 0.15) is 37.1 Å². The van der Waals surface area contributed by atoms with Gasteiger partial charge in [-0.3, -0.25) is 0 Å². The summed E-state index contributed by atoms with van der Waals surface area (Å²) in [6.07, 6.45) is 6.43. The minimum absolute atomic E-state index is 0.610. The maximum atomic E-state index is 6.19. The summed E-state index contributed by atoms with van der Waals surface area (Å²) in [6.45, 7) is 5.74. The van der Waals surface area contributed by atoms with Crippen LogP contribution in [0.2, 0.25) is 5.15 Å². The van der Waals surface area contributed by atoms with E-state index in [4.69, 9.17) is 11.6 Å². The lowest BCUT2D eigenvalue weighted by Crippen LogP contribution is -2.30. The van der Waals surface area contributed by atoms with Crippen LogP contribution < -0.4 is 0 Å². The third kappa shape index (κ3) is 3.15. The van der Waals surface area contributed by atoms with Crippen molar-refractivity contribution in [3.63, 3.8) is 0 Å². The Kier molecular flexibility index (Phi) is 4.27. The number of piperidine rings is 1. The molecule has 0 bridgehead atoms. The normalized spacial score (nSPS) is 16.9. The van der Waals surface area contributed by atoms with Gasteiger partial charge >= 0.3 is 0 Å². The SMILES string of the molecule is Cc1cc2[nH]c(CCCN3CCCCC3)cc2c(Cl)n1. The van der Waals surface area contributed by atoms with Gasteiger partial charge in [0.2, 0.25) is 0 Å². The van der Waals surface area contributed by atoms with Gasteiger partial charge in [0, 0.05) is 16.8 Å². The van der Waals surface area contributed by atoms with Crippen molar-refractivity contribution in [3.8, 4) is 0 Å². The summed E-state index contributed by atoms with van der Waals surface area (Å²) in [4.78, 5) is 10.4. The second-order valence-corrected chi connectivity index (χ2v) is 6.17. The molecular weight excluding hydrogens is 270 g/mol. The lowest BCUT2D eigenvalue weighted by molar-refractivity contribution is 0.226. The molecule has 2 aromatic rings. The number of nitrogens with zero attached hydrogens (tertiary/aromatic N) is 2. The van der Waals surface area contributed by atoms with Crippen molar-refractivity contribution < 1.29 is 0 Å². The summed E-state index contributed by atoms with van der Waals surface area (Å²) in [7, 11) is 0. The molecule has 108 valence electrons. The van der Waals surface area contributed by atoms with Gasteiger partial charge in [-0.1, -0.05) is 18.0 Å². The van der Waals surface area contributed by atoms with Gasteiger partial charge in [0.1, 0.15) is 5.15 Å². The molecule has 0 unspecified atom stereocenters. The van der Waals surface area contributed by atoms with Crippen LogP contribution in [0.3, 0.4) is 0 Å². The molecule has 0 amide bonds. The lowest BCUT2D eigenvalue weighted by Gasteiger charge is -2.26. The van der Waals surface area contributed by atoms with E-state index < -0.39 is 0 Å². The Morgan fingerprint density at radius 3 is 2.85 bits per heavy atom. The summed E-state index contributed by atoms with van der Waals surface area (Å²) >= 11 is 6.19. The predicted molar refractivity (Wildman–Crippen MR) is 84.5 cm³/mol. The molecule has 0 spiro atoms. The fourth-order valence-corrected chi connectivity index (χ4v) is 3.37. The van der Waals surface area contributed by atoms with Gasteiger partial charge < -0.3 is 9.88 Å². The number of likely N-dealkylation sites (tertiary alicyclic amines) is 1. The molecule has 3 nitrogen and oxygen atoms in total. The van der Waals surface area contributed by atoms with E-state index >= 15 is 0 Å². The first-order chi connectivity index (χ1) is 9.72. The number of halogens is 1. The maximum Gasteiger partial charge on any atom is 0.138 e. The molecule has 1 aliphatic heterocycles. The first-order valence-corrected chi connectivity index (χ1v) is 7.97. The van der Waals surface area contributed by atoms with Crippen LogP contribution >= 0.6 is 11.6 Å². The summed E-state index contributed by atoms with van der Waals surface area (Å²) in [5.41, 5.74) is 3.34. The van der Waals surface area contributed by atoms with Crippen molar-refractivity contribution in [1.29, 1.82) is 0 Å². The van der Waals surface area contributed by atoms with Crippen molar-refractivity contribution in [2.24, 2.45) is 0 Å². The molecule has 3 rings (SSSR count). The lowest BCUT2D eigenvalue weighted by atomic mass is 10.1. The van der Waals surface area contributed by atoms with Crippen LogP contribution in [0.15, 0.2) is 12.1 Å². The molecule has 0 aromatic carbocycles. The summed E-state index contributed by atoms with van der Waals surface area (Å²) in [6, 6.07) is 4.22. The maximum absolute atomic E-state index is 6.19. The molecule has 1 fully saturated rings. The van der Waals surface area contributed by atoms with Crippen molar-refractivity contribution in [1.82, 2.24) is 14.9 Å². The van der Waals surface area contributed by atoms with E-state index in [1.165, 1.54) is 51.0 Å². The zero-order chi connectivity index (χ0) is 13.9. The van der Waals surface area contributed by atoms with Gasteiger partial charge in [0.25, 0.3) is 0 Å². The number of hydrogen-bond acceptors (Lipinski definition) is 2. The Morgan fingerprint density at radius 2 is 2.05 bits per heavy atom. The molecule has 0 aliphatic carbocycles. The Balaban J connectivity index is 1.61.